The van der Waals surface area contributed by atoms with Crippen LogP contribution in [0.2, 0.25) is 0 Å². The van der Waals surface area contributed by atoms with E-state index in [2.05, 4.69) is 47.3 Å². The number of fused-ring (bicyclic) bond motifs is 1. The van der Waals surface area contributed by atoms with E-state index >= 15 is 0 Å². The summed E-state index contributed by atoms with van der Waals surface area (Å²) in [6.07, 6.45) is 5.51. The van der Waals surface area contributed by atoms with Crippen LogP contribution >= 0.6 is 0 Å². The van der Waals surface area contributed by atoms with E-state index in [1.54, 1.807) is 0 Å². The summed E-state index contributed by atoms with van der Waals surface area (Å²) in [5, 5.41) is 4.08. The number of allylic oxidation sites excluding steroid dienone is 1. The number of benzene rings is 3. The van der Waals surface area contributed by atoms with Gasteiger partial charge >= 0.3 is 0 Å². The molecule has 0 atom stereocenters. The van der Waals surface area contributed by atoms with Crippen molar-refractivity contribution in [2.24, 2.45) is 4.99 Å². The SMILES string of the molecule is CCCOc1ccccc1NC(=O)C1=NC(c2cn(-c3ccccc3)c3ccccc23)=CC1. The molecule has 1 aromatic heterocycles. The van der Waals surface area contributed by atoms with Crippen LogP contribution in [-0.4, -0.2) is 22.8 Å². The standard InChI is InChI=1S/C28H25N3O2/c1-2-18-33-27-15-9-7-13-24(27)30-28(32)25-17-16-23(29-25)22-19-31(20-10-4-3-5-11-20)26-14-8-6-12-21(22)26/h3-16,19H,2,17-18H2,1H3,(H,30,32). The maximum atomic E-state index is 13.0. The summed E-state index contributed by atoms with van der Waals surface area (Å²) in [5.41, 5.74) is 5.18. The molecular formula is C28H25N3O2. The number of anilines is 1. The molecule has 0 radical (unpaired) electrons. The monoisotopic (exact) mass is 435 g/mol. The number of nitrogens with one attached hydrogen (secondary N) is 1. The minimum atomic E-state index is -0.208. The third-order valence-corrected chi connectivity index (χ3v) is 5.63. The minimum absolute atomic E-state index is 0.208. The van der Waals surface area contributed by atoms with E-state index in [0.717, 1.165) is 34.3 Å². The van der Waals surface area contributed by atoms with Crippen LogP contribution < -0.4 is 10.1 Å². The van der Waals surface area contributed by atoms with Crippen molar-refractivity contribution in [3.63, 3.8) is 0 Å². The van der Waals surface area contributed by atoms with Gasteiger partial charge in [-0.2, -0.15) is 0 Å². The van der Waals surface area contributed by atoms with E-state index in [9.17, 15) is 4.79 Å². The number of rotatable bonds is 7. The highest BCUT2D eigenvalue weighted by Crippen LogP contribution is 2.33. The molecule has 33 heavy (non-hydrogen) atoms. The molecule has 4 aromatic rings. The number of amides is 1. The number of hydrogen-bond donors (Lipinski definition) is 1. The smallest absolute Gasteiger partial charge is 0.270 e. The van der Waals surface area contributed by atoms with E-state index in [-0.39, 0.29) is 5.91 Å². The zero-order valence-electron chi connectivity index (χ0n) is 18.5. The Morgan fingerprint density at radius 1 is 1.00 bits per heavy atom. The van der Waals surface area contributed by atoms with Gasteiger partial charge in [0.1, 0.15) is 11.5 Å². The molecule has 2 heterocycles. The number of aliphatic imine (C=N–C) groups is 1. The second kappa shape index (κ2) is 9.17. The van der Waals surface area contributed by atoms with Crippen molar-refractivity contribution in [2.75, 3.05) is 11.9 Å². The molecule has 0 saturated carbocycles. The number of carbonyl (C=O) groups is 1. The largest absolute Gasteiger partial charge is 0.491 e. The van der Waals surface area contributed by atoms with Crippen LogP contribution in [0.4, 0.5) is 5.69 Å². The van der Waals surface area contributed by atoms with Gasteiger partial charge in [0.05, 0.1) is 23.5 Å². The molecule has 1 N–H and O–H groups in total. The first-order valence-corrected chi connectivity index (χ1v) is 11.2. The van der Waals surface area contributed by atoms with Crippen molar-refractivity contribution in [1.29, 1.82) is 0 Å². The molecule has 1 aliphatic rings. The molecule has 5 nitrogen and oxygen atoms in total. The average molecular weight is 436 g/mol. The molecule has 5 heteroatoms. The van der Waals surface area contributed by atoms with Crippen molar-refractivity contribution in [3.05, 3.63) is 96.7 Å². The Morgan fingerprint density at radius 2 is 1.76 bits per heavy atom. The predicted molar refractivity (Wildman–Crippen MR) is 134 cm³/mol. The predicted octanol–water partition coefficient (Wildman–Crippen LogP) is 6.24. The number of carbonyl (C=O) groups excluding carboxylic acids is 1. The summed E-state index contributed by atoms with van der Waals surface area (Å²) in [6.45, 7) is 2.65. The Hall–Kier alpha value is -4.12. The molecule has 0 fully saturated rings. The summed E-state index contributed by atoms with van der Waals surface area (Å²) >= 11 is 0. The Morgan fingerprint density at radius 3 is 2.61 bits per heavy atom. The van der Waals surface area contributed by atoms with E-state index in [0.29, 0.717) is 30.2 Å². The molecule has 5 rings (SSSR count). The third-order valence-electron chi connectivity index (χ3n) is 5.63. The van der Waals surface area contributed by atoms with Gasteiger partial charge in [0.2, 0.25) is 0 Å². The molecule has 0 aliphatic carbocycles. The Bertz CT molecular complexity index is 1370. The first kappa shape index (κ1) is 20.8. The average Bonchev–Trinajstić information content (AvgIpc) is 3.49. The van der Waals surface area contributed by atoms with E-state index in [4.69, 9.17) is 9.73 Å². The van der Waals surface area contributed by atoms with Crippen molar-refractivity contribution < 1.29 is 9.53 Å². The fourth-order valence-corrected chi connectivity index (χ4v) is 4.03. The highest BCUT2D eigenvalue weighted by atomic mass is 16.5. The van der Waals surface area contributed by atoms with Crippen molar-refractivity contribution in [3.8, 4) is 11.4 Å². The van der Waals surface area contributed by atoms with Crippen LogP contribution in [0.3, 0.4) is 0 Å². The van der Waals surface area contributed by atoms with Crippen molar-refractivity contribution in [2.45, 2.75) is 19.8 Å². The van der Waals surface area contributed by atoms with Crippen LogP contribution in [0.5, 0.6) is 5.75 Å². The van der Waals surface area contributed by atoms with Crippen molar-refractivity contribution >= 4 is 33.9 Å². The molecule has 0 saturated heterocycles. The lowest BCUT2D eigenvalue weighted by atomic mass is 10.1. The summed E-state index contributed by atoms with van der Waals surface area (Å²) < 4.78 is 7.93. The molecule has 1 aliphatic heterocycles. The molecule has 3 aromatic carbocycles. The zero-order chi connectivity index (χ0) is 22.6. The van der Waals surface area contributed by atoms with Crippen LogP contribution in [-0.2, 0) is 4.79 Å². The first-order chi connectivity index (χ1) is 16.2. The van der Waals surface area contributed by atoms with Crippen LogP contribution in [0.25, 0.3) is 22.3 Å². The fraction of sp³-hybridized carbons (Fsp3) is 0.143. The van der Waals surface area contributed by atoms with E-state index < -0.39 is 0 Å². The summed E-state index contributed by atoms with van der Waals surface area (Å²) in [6, 6.07) is 26.0. The maximum Gasteiger partial charge on any atom is 0.270 e. The molecule has 164 valence electrons. The first-order valence-electron chi connectivity index (χ1n) is 11.2. The summed E-state index contributed by atoms with van der Waals surface area (Å²) in [7, 11) is 0. The number of aromatic nitrogens is 1. The van der Waals surface area contributed by atoms with Crippen molar-refractivity contribution in [1.82, 2.24) is 4.57 Å². The lowest BCUT2D eigenvalue weighted by Crippen LogP contribution is -2.21. The van der Waals surface area contributed by atoms with Gasteiger partial charge in [-0.3, -0.25) is 4.79 Å². The lowest BCUT2D eigenvalue weighted by molar-refractivity contribution is -0.110. The Balaban J connectivity index is 1.43. The lowest BCUT2D eigenvalue weighted by Gasteiger charge is -2.11. The molecule has 0 bridgehead atoms. The van der Waals surface area contributed by atoms with Gasteiger partial charge in [0.15, 0.2) is 0 Å². The van der Waals surface area contributed by atoms with Gasteiger partial charge in [-0.25, -0.2) is 4.99 Å². The normalized spacial score (nSPS) is 13.0. The molecule has 1 amide bonds. The quantitative estimate of drug-likeness (QED) is 0.373. The van der Waals surface area contributed by atoms with Gasteiger partial charge in [-0.05, 0) is 36.8 Å². The Kier molecular flexibility index (Phi) is 5.77. The van der Waals surface area contributed by atoms with Gasteiger partial charge in [-0.1, -0.05) is 61.5 Å². The highest BCUT2D eigenvalue weighted by molar-refractivity contribution is 6.45. The fourth-order valence-electron chi connectivity index (χ4n) is 4.03. The maximum absolute atomic E-state index is 13.0. The topological polar surface area (TPSA) is 55.6 Å². The van der Waals surface area contributed by atoms with E-state index in [1.807, 2.05) is 60.7 Å². The third kappa shape index (κ3) is 4.17. The van der Waals surface area contributed by atoms with Crippen LogP contribution in [0.15, 0.2) is 96.1 Å². The Labute approximate surface area is 193 Å². The van der Waals surface area contributed by atoms with Crippen LogP contribution in [0, 0.1) is 0 Å². The second-order valence-corrected chi connectivity index (χ2v) is 7.92. The second-order valence-electron chi connectivity index (χ2n) is 7.92. The van der Waals surface area contributed by atoms with Gasteiger partial charge in [0.25, 0.3) is 5.91 Å². The molecule has 0 spiro atoms. The molecular weight excluding hydrogens is 410 g/mol. The van der Waals surface area contributed by atoms with Gasteiger partial charge in [0, 0.05) is 29.3 Å². The highest BCUT2D eigenvalue weighted by Gasteiger charge is 2.21. The summed E-state index contributed by atoms with van der Waals surface area (Å²) in [5.74, 6) is 0.464. The van der Waals surface area contributed by atoms with Gasteiger partial charge in [-0.15, -0.1) is 0 Å². The zero-order valence-corrected chi connectivity index (χ0v) is 18.5. The van der Waals surface area contributed by atoms with Crippen LogP contribution in [0.1, 0.15) is 25.3 Å². The number of para-hydroxylation sites is 4. The number of nitrogens with zero attached hydrogens (tertiary/aromatic N) is 2. The van der Waals surface area contributed by atoms with Gasteiger partial charge < -0.3 is 14.6 Å². The minimum Gasteiger partial charge on any atom is -0.491 e. The van der Waals surface area contributed by atoms with E-state index in [1.165, 1.54) is 0 Å². The molecule has 0 unspecified atom stereocenters. The summed E-state index contributed by atoms with van der Waals surface area (Å²) in [4.78, 5) is 17.7. The number of hydrogen-bond acceptors (Lipinski definition) is 3. The number of ether oxygens (including phenoxy) is 1.